The quantitative estimate of drug-likeness (QED) is 0.684. The fourth-order valence-electron chi connectivity index (χ4n) is 1.87. The van der Waals surface area contributed by atoms with Gasteiger partial charge in [0.15, 0.2) is 0 Å². The molecule has 0 aromatic carbocycles. The van der Waals surface area contributed by atoms with Gasteiger partial charge >= 0.3 is 0 Å². The van der Waals surface area contributed by atoms with Crippen molar-refractivity contribution in [2.24, 2.45) is 11.8 Å². The zero-order valence-corrected chi connectivity index (χ0v) is 9.01. The molecule has 0 radical (unpaired) electrons. The van der Waals surface area contributed by atoms with Crippen LogP contribution in [0.5, 0.6) is 0 Å². The molecule has 0 aromatic heterocycles. The van der Waals surface area contributed by atoms with Gasteiger partial charge in [-0.05, 0) is 31.2 Å². The Morgan fingerprint density at radius 2 is 2.38 bits per heavy atom. The van der Waals surface area contributed by atoms with E-state index in [-0.39, 0.29) is 0 Å². The summed E-state index contributed by atoms with van der Waals surface area (Å²) >= 11 is 0. The normalized spacial score (nSPS) is 24.9. The van der Waals surface area contributed by atoms with Crippen LogP contribution in [0.3, 0.4) is 0 Å². The summed E-state index contributed by atoms with van der Waals surface area (Å²) < 4.78 is 5.69. The van der Waals surface area contributed by atoms with E-state index in [2.05, 4.69) is 19.2 Å². The number of rotatable bonds is 6. The molecule has 13 heavy (non-hydrogen) atoms. The summed E-state index contributed by atoms with van der Waals surface area (Å²) in [5, 5.41) is 3.36. The van der Waals surface area contributed by atoms with Gasteiger partial charge in [-0.1, -0.05) is 20.3 Å². The second-order valence-corrected chi connectivity index (χ2v) is 4.29. The summed E-state index contributed by atoms with van der Waals surface area (Å²) in [6.07, 6.45) is 3.86. The van der Waals surface area contributed by atoms with Crippen molar-refractivity contribution in [1.82, 2.24) is 5.32 Å². The van der Waals surface area contributed by atoms with Gasteiger partial charge in [0.1, 0.15) is 0 Å². The number of ether oxygens (including phenoxy) is 1. The SMILES string of the molecule is CCCC(C)COCC1CCNC1. The van der Waals surface area contributed by atoms with Crippen LogP contribution < -0.4 is 5.32 Å². The highest BCUT2D eigenvalue weighted by Gasteiger charge is 2.14. The minimum Gasteiger partial charge on any atom is -0.381 e. The molecule has 0 aromatic rings. The van der Waals surface area contributed by atoms with E-state index in [9.17, 15) is 0 Å². The van der Waals surface area contributed by atoms with Crippen molar-refractivity contribution in [3.8, 4) is 0 Å². The van der Waals surface area contributed by atoms with Crippen molar-refractivity contribution in [3.63, 3.8) is 0 Å². The van der Waals surface area contributed by atoms with Crippen LogP contribution in [0, 0.1) is 11.8 Å². The molecular formula is C11H23NO. The van der Waals surface area contributed by atoms with Crippen molar-refractivity contribution in [1.29, 1.82) is 0 Å². The van der Waals surface area contributed by atoms with Crippen LogP contribution in [-0.4, -0.2) is 26.3 Å². The lowest BCUT2D eigenvalue weighted by atomic mass is 10.1. The van der Waals surface area contributed by atoms with Crippen molar-refractivity contribution in [2.45, 2.75) is 33.1 Å². The predicted molar refractivity (Wildman–Crippen MR) is 55.9 cm³/mol. The van der Waals surface area contributed by atoms with E-state index in [1.54, 1.807) is 0 Å². The molecule has 0 bridgehead atoms. The maximum Gasteiger partial charge on any atom is 0.0507 e. The van der Waals surface area contributed by atoms with Gasteiger partial charge in [0.25, 0.3) is 0 Å². The summed E-state index contributed by atoms with van der Waals surface area (Å²) in [5.74, 6) is 1.51. The molecule has 2 heteroatoms. The van der Waals surface area contributed by atoms with Gasteiger partial charge in [0.2, 0.25) is 0 Å². The fraction of sp³-hybridized carbons (Fsp3) is 1.00. The molecule has 0 aliphatic carbocycles. The molecule has 1 N–H and O–H groups in total. The minimum absolute atomic E-state index is 0.736. The molecule has 2 atom stereocenters. The third kappa shape index (κ3) is 4.63. The average molecular weight is 185 g/mol. The highest BCUT2D eigenvalue weighted by Crippen LogP contribution is 2.10. The molecule has 1 fully saturated rings. The van der Waals surface area contributed by atoms with E-state index >= 15 is 0 Å². The Hall–Kier alpha value is -0.0800. The largest absolute Gasteiger partial charge is 0.381 e. The zero-order chi connectivity index (χ0) is 9.52. The fourth-order valence-corrected chi connectivity index (χ4v) is 1.87. The number of hydrogen-bond donors (Lipinski definition) is 1. The van der Waals surface area contributed by atoms with Crippen molar-refractivity contribution in [3.05, 3.63) is 0 Å². The molecule has 1 saturated heterocycles. The summed E-state index contributed by atoms with van der Waals surface area (Å²) in [4.78, 5) is 0. The third-order valence-corrected chi connectivity index (χ3v) is 2.70. The Bertz CT molecular complexity index is 121. The van der Waals surface area contributed by atoms with Crippen LogP contribution >= 0.6 is 0 Å². The predicted octanol–water partition coefficient (Wildman–Crippen LogP) is 2.05. The van der Waals surface area contributed by atoms with Gasteiger partial charge in [0.05, 0.1) is 6.61 Å². The first-order valence-electron chi connectivity index (χ1n) is 5.61. The second kappa shape index (κ2) is 6.39. The highest BCUT2D eigenvalue weighted by molar-refractivity contribution is 4.70. The van der Waals surface area contributed by atoms with E-state index in [1.807, 2.05) is 0 Å². The van der Waals surface area contributed by atoms with E-state index in [4.69, 9.17) is 4.74 Å². The van der Waals surface area contributed by atoms with Crippen LogP contribution in [0.1, 0.15) is 33.1 Å². The van der Waals surface area contributed by atoms with Crippen LogP contribution in [0.2, 0.25) is 0 Å². The number of nitrogens with one attached hydrogen (secondary N) is 1. The smallest absolute Gasteiger partial charge is 0.0507 e. The van der Waals surface area contributed by atoms with Crippen LogP contribution in [0.25, 0.3) is 0 Å². The van der Waals surface area contributed by atoms with Crippen molar-refractivity contribution >= 4 is 0 Å². The van der Waals surface area contributed by atoms with Crippen molar-refractivity contribution < 1.29 is 4.74 Å². The monoisotopic (exact) mass is 185 g/mol. The lowest BCUT2D eigenvalue weighted by molar-refractivity contribution is 0.0778. The summed E-state index contributed by atoms with van der Waals surface area (Å²) in [6.45, 7) is 8.75. The van der Waals surface area contributed by atoms with Crippen LogP contribution in [0.4, 0.5) is 0 Å². The molecule has 78 valence electrons. The Kier molecular flexibility index (Phi) is 5.40. The minimum atomic E-state index is 0.736. The Morgan fingerprint density at radius 1 is 1.54 bits per heavy atom. The summed E-state index contributed by atoms with van der Waals surface area (Å²) in [5.41, 5.74) is 0. The van der Waals surface area contributed by atoms with Gasteiger partial charge in [-0.3, -0.25) is 0 Å². The zero-order valence-electron chi connectivity index (χ0n) is 9.01. The highest BCUT2D eigenvalue weighted by atomic mass is 16.5. The van der Waals surface area contributed by atoms with E-state index in [0.29, 0.717) is 0 Å². The third-order valence-electron chi connectivity index (χ3n) is 2.70. The molecule has 0 saturated carbocycles. The molecule has 0 spiro atoms. The molecule has 2 unspecified atom stereocenters. The summed E-state index contributed by atoms with van der Waals surface area (Å²) in [7, 11) is 0. The molecule has 1 aliphatic rings. The standard InChI is InChI=1S/C11H23NO/c1-3-4-10(2)8-13-9-11-5-6-12-7-11/h10-12H,3-9H2,1-2H3. The topological polar surface area (TPSA) is 21.3 Å². The van der Waals surface area contributed by atoms with Gasteiger partial charge in [-0.15, -0.1) is 0 Å². The van der Waals surface area contributed by atoms with Gasteiger partial charge in [-0.25, -0.2) is 0 Å². The molecule has 1 heterocycles. The first-order valence-corrected chi connectivity index (χ1v) is 5.61. The average Bonchev–Trinajstić information content (AvgIpc) is 2.57. The lowest BCUT2D eigenvalue weighted by Gasteiger charge is -2.13. The van der Waals surface area contributed by atoms with Gasteiger partial charge in [-0.2, -0.15) is 0 Å². The first kappa shape index (κ1) is 11.0. The van der Waals surface area contributed by atoms with Crippen LogP contribution in [0.15, 0.2) is 0 Å². The van der Waals surface area contributed by atoms with E-state index in [1.165, 1.54) is 25.8 Å². The summed E-state index contributed by atoms with van der Waals surface area (Å²) in [6, 6.07) is 0. The van der Waals surface area contributed by atoms with Crippen LogP contribution in [-0.2, 0) is 4.74 Å². The van der Waals surface area contributed by atoms with Gasteiger partial charge < -0.3 is 10.1 Å². The maximum absolute atomic E-state index is 5.69. The lowest BCUT2D eigenvalue weighted by Crippen LogP contribution is -2.16. The Balaban J connectivity index is 1.93. The van der Waals surface area contributed by atoms with Gasteiger partial charge in [0, 0.05) is 13.2 Å². The molecule has 0 amide bonds. The first-order chi connectivity index (χ1) is 6.33. The van der Waals surface area contributed by atoms with Crippen molar-refractivity contribution in [2.75, 3.05) is 26.3 Å². The molecular weight excluding hydrogens is 162 g/mol. The Labute approximate surface area is 82.0 Å². The number of hydrogen-bond acceptors (Lipinski definition) is 2. The second-order valence-electron chi connectivity index (χ2n) is 4.29. The maximum atomic E-state index is 5.69. The Morgan fingerprint density at radius 3 is 3.00 bits per heavy atom. The van der Waals surface area contributed by atoms with E-state index < -0.39 is 0 Å². The molecule has 2 nitrogen and oxygen atoms in total. The molecule has 1 rings (SSSR count). The van der Waals surface area contributed by atoms with E-state index in [0.717, 1.165) is 31.6 Å². The molecule has 1 aliphatic heterocycles.